The second-order valence-electron chi connectivity index (χ2n) is 3.01. The first-order chi connectivity index (χ1) is 4.84. The molecular weight excluding hydrogens is 124 g/mol. The molecule has 0 aliphatic heterocycles. The van der Waals surface area contributed by atoms with E-state index >= 15 is 0 Å². The molecule has 0 bridgehead atoms. The van der Waals surface area contributed by atoms with Gasteiger partial charge < -0.3 is 4.79 Å². The van der Waals surface area contributed by atoms with Gasteiger partial charge in [0.2, 0.25) is 0 Å². The number of allylic oxidation sites excluding steroid dienone is 1. The third-order valence-electron chi connectivity index (χ3n) is 2.28. The smallest absolute Gasteiger partial charge is 0.124 e. The first kappa shape index (κ1) is 7.52. The SMILES string of the molecule is C=C(CC=O)C1CCCC1. The molecule has 0 heterocycles. The fourth-order valence-corrected chi connectivity index (χ4v) is 1.61. The number of aldehydes is 1. The summed E-state index contributed by atoms with van der Waals surface area (Å²) in [5.41, 5.74) is 1.15. The Balaban J connectivity index is 2.32. The predicted molar refractivity (Wildman–Crippen MR) is 41.8 cm³/mol. The fourth-order valence-electron chi connectivity index (χ4n) is 1.61. The van der Waals surface area contributed by atoms with Crippen LogP contribution in [0.1, 0.15) is 32.1 Å². The topological polar surface area (TPSA) is 17.1 Å². The van der Waals surface area contributed by atoms with E-state index in [1.54, 1.807) is 0 Å². The molecule has 56 valence electrons. The molecule has 1 aliphatic carbocycles. The zero-order chi connectivity index (χ0) is 7.40. The molecule has 1 nitrogen and oxygen atoms in total. The van der Waals surface area contributed by atoms with E-state index in [4.69, 9.17) is 0 Å². The highest BCUT2D eigenvalue weighted by Gasteiger charge is 2.16. The molecule has 1 heteroatoms. The van der Waals surface area contributed by atoms with Crippen LogP contribution in [0.2, 0.25) is 0 Å². The van der Waals surface area contributed by atoms with Gasteiger partial charge in [-0.3, -0.25) is 0 Å². The lowest BCUT2D eigenvalue weighted by molar-refractivity contribution is -0.107. The van der Waals surface area contributed by atoms with Crippen LogP contribution < -0.4 is 0 Å². The molecule has 0 N–H and O–H groups in total. The van der Waals surface area contributed by atoms with E-state index < -0.39 is 0 Å². The lowest BCUT2D eigenvalue weighted by Crippen LogP contribution is -1.97. The molecule has 0 aromatic rings. The number of carbonyl (C=O) groups is 1. The summed E-state index contributed by atoms with van der Waals surface area (Å²) in [7, 11) is 0. The quantitative estimate of drug-likeness (QED) is 0.432. The minimum atomic E-state index is 0.574. The van der Waals surface area contributed by atoms with Crippen LogP contribution in [0, 0.1) is 5.92 Å². The third-order valence-corrected chi connectivity index (χ3v) is 2.28. The maximum absolute atomic E-state index is 10.1. The van der Waals surface area contributed by atoms with E-state index in [2.05, 4.69) is 6.58 Å². The van der Waals surface area contributed by atoms with Gasteiger partial charge in [0.1, 0.15) is 6.29 Å². The average molecular weight is 138 g/mol. The molecule has 0 unspecified atom stereocenters. The van der Waals surface area contributed by atoms with E-state index in [1.165, 1.54) is 25.7 Å². The number of carbonyl (C=O) groups excluding carboxylic acids is 1. The summed E-state index contributed by atoms with van der Waals surface area (Å²) in [6.07, 6.45) is 6.69. The standard InChI is InChI=1S/C9H14O/c1-8(6-7-10)9-4-2-3-5-9/h7,9H,1-6H2. The molecule has 0 aromatic carbocycles. The summed E-state index contributed by atoms with van der Waals surface area (Å²) in [4.78, 5) is 10.1. The molecule has 0 spiro atoms. The highest BCUT2D eigenvalue weighted by Crippen LogP contribution is 2.30. The van der Waals surface area contributed by atoms with Crippen molar-refractivity contribution >= 4 is 6.29 Å². The molecule has 0 saturated heterocycles. The van der Waals surface area contributed by atoms with Crippen LogP contribution >= 0.6 is 0 Å². The Morgan fingerprint density at radius 3 is 2.60 bits per heavy atom. The van der Waals surface area contributed by atoms with E-state index in [0.29, 0.717) is 12.3 Å². The van der Waals surface area contributed by atoms with Crippen LogP contribution in [0.25, 0.3) is 0 Å². The molecule has 0 atom stereocenters. The highest BCUT2D eigenvalue weighted by atomic mass is 16.1. The monoisotopic (exact) mass is 138 g/mol. The zero-order valence-electron chi connectivity index (χ0n) is 6.31. The van der Waals surface area contributed by atoms with Crippen LogP contribution in [0.4, 0.5) is 0 Å². The minimum Gasteiger partial charge on any atom is -0.303 e. The summed E-state index contributed by atoms with van der Waals surface area (Å²) in [6, 6.07) is 0. The largest absolute Gasteiger partial charge is 0.303 e. The molecule has 0 radical (unpaired) electrons. The van der Waals surface area contributed by atoms with Gasteiger partial charge in [-0.25, -0.2) is 0 Å². The van der Waals surface area contributed by atoms with Gasteiger partial charge in [-0.2, -0.15) is 0 Å². The Kier molecular flexibility index (Phi) is 2.67. The molecule has 1 saturated carbocycles. The van der Waals surface area contributed by atoms with E-state index in [0.717, 1.165) is 11.9 Å². The van der Waals surface area contributed by atoms with Gasteiger partial charge in [-0.1, -0.05) is 25.0 Å². The van der Waals surface area contributed by atoms with Crippen LogP contribution in [-0.2, 0) is 4.79 Å². The van der Waals surface area contributed by atoms with Crippen molar-refractivity contribution in [2.24, 2.45) is 5.92 Å². The Hall–Kier alpha value is -0.590. The van der Waals surface area contributed by atoms with Crippen LogP contribution in [0.3, 0.4) is 0 Å². The van der Waals surface area contributed by atoms with E-state index in [-0.39, 0.29) is 0 Å². The highest BCUT2D eigenvalue weighted by molar-refractivity contribution is 5.54. The average Bonchev–Trinajstić information content (AvgIpc) is 2.38. The Bertz CT molecular complexity index is 132. The van der Waals surface area contributed by atoms with E-state index in [9.17, 15) is 4.79 Å². The summed E-state index contributed by atoms with van der Waals surface area (Å²) < 4.78 is 0. The van der Waals surface area contributed by atoms with Crippen molar-refractivity contribution in [1.29, 1.82) is 0 Å². The number of hydrogen-bond acceptors (Lipinski definition) is 1. The Morgan fingerprint density at radius 1 is 1.50 bits per heavy atom. The summed E-state index contributed by atoms with van der Waals surface area (Å²) in [5.74, 6) is 0.658. The first-order valence-corrected chi connectivity index (χ1v) is 3.96. The van der Waals surface area contributed by atoms with Crippen LogP contribution in [0.15, 0.2) is 12.2 Å². The van der Waals surface area contributed by atoms with Crippen molar-refractivity contribution in [2.75, 3.05) is 0 Å². The van der Waals surface area contributed by atoms with Crippen molar-refractivity contribution < 1.29 is 4.79 Å². The second kappa shape index (κ2) is 3.55. The first-order valence-electron chi connectivity index (χ1n) is 3.96. The van der Waals surface area contributed by atoms with Crippen molar-refractivity contribution in [2.45, 2.75) is 32.1 Å². The molecule has 1 aliphatic rings. The van der Waals surface area contributed by atoms with Crippen molar-refractivity contribution in [3.8, 4) is 0 Å². The van der Waals surface area contributed by atoms with Gasteiger partial charge in [0.05, 0.1) is 0 Å². The minimum absolute atomic E-state index is 0.574. The molecule has 1 fully saturated rings. The molecular formula is C9H14O. The third kappa shape index (κ3) is 1.69. The van der Waals surface area contributed by atoms with Crippen molar-refractivity contribution in [1.82, 2.24) is 0 Å². The lowest BCUT2D eigenvalue weighted by atomic mass is 9.97. The predicted octanol–water partition coefficient (Wildman–Crippen LogP) is 2.32. The fraction of sp³-hybridized carbons (Fsp3) is 0.667. The van der Waals surface area contributed by atoms with Gasteiger partial charge in [0.15, 0.2) is 0 Å². The van der Waals surface area contributed by atoms with Crippen LogP contribution in [0.5, 0.6) is 0 Å². The number of hydrogen-bond donors (Lipinski definition) is 0. The molecule has 10 heavy (non-hydrogen) atoms. The molecule has 0 aromatic heterocycles. The molecule has 0 amide bonds. The number of rotatable bonds is 3. The summed E-state index contributed by atoms with van der Waals surface area (Å²) in [5, 5.41) is 0. The zero-order valence-corrected chi connectivity index (χ0v) is 6.31. The maximum Gasteiger partial charge on any atom is 0.124 e. The Labute approximate surface area is 62.1 Å². The van der Waals surface area contributed by atoms with E-state index in [1.807, 2.05) is 0 Å². The summed E-state index contributed by atoms with van der Waals surface area (Å²) >= 11 is 0. The Morgan fingerprint density at radius 2 is 2.10 bits per heavy atom. The van der Waals surface area contributed by atoms with Gasteiger partial charge >= 0.3 is 0 Å². The van der Waals surface area contributed by atoms with Crippen LogP contribution in [-0.4, -0.2) is 6.29 Å². The van der Waals surface area contributed by atoms with Crippen molar-refractivity contribution in [3.63, 3.8) is 0 Å². The van der Waals surface area contributed by atoms with Gasteiger partial charge in [0.25, 0.3) is 0 Å². The summed E-state index contributed by atoms with van der Waals surface area (Å²) in [6.45, 7) is 3.90. The van der Waals surface area contributed by atoms with Gasteiger partial charge in [-0.15, -0.1) is 0 Å². The van der Waals surface area contributed by atoms with Crippen molar-refractivity contribution in [3.05, 3.63) is 12.2 Å². The lowest BCUT2D eigenvalue weighted by Gasteiger charge is -2.08. The molecule has 1 rings (SSSR count). The van der Waals surface area contributed by atoms with Gasteiger partial charge in [0, 0.05) is 6.42 Å². The second-order valence-corrected chi connectivity index (χ2v) is 3.01. The maximum atomic E-state index is 10.1. The normalized spacial score (nSPS) is 19.2. The van der Waals surface area contributed by atoms with Gasteiger partial charge in [-0.05, 0) is 18.8 Å².